The smallest absolute Gasteiger partial charge is 0.0400 e. The molecule has 0 unspecified atom stereocenters. The maximum Gasteiger partial charge on any atom is 0.0400 e. The molecule has 1 nitrogen and oxygen atoms in total. The maximum atomic E-state index is 6.49. The second-order valence-electron chi connectivity index (χ2n) is 6.98. The Balaban J connectivity index is 1.96. The topological polar surface area (TPSA) is 26.0 Å². The molecule has 3 aliphatic carbocycles. The first-order valence-corrected chi connectivity index (χ1v) is 9.13. The van der Waals surface area contributed by atoms with Crippen molar-refractivity contribution >= 4 is 16.8 Å². The Morgan fingerprint density at radius 1 is 0.640 bits per heavy atom. The molecule has 0 radical (unpaired) electrons. The van der Waals surface area contributed by atoms with Gasteiger partial charge in [-0.15, -0.1) is 0 Å². The fraction of sp³-hybridized carbons (Fsp3) is 0.167. The molecule has 0 saturated heterocycles. The van der Waals surface area contributed by atoms with Gasteiger partial charge in [-0.05, 0) is 70.7 Å². The van der Waals surface area contributed by atoms with E-state index in [9.17, 15) is 0 Å². The van der Waals surface area contributed by atoms with E-state index in [-0.39, 0.29) is 0 Å². The van der Waals surface area contributed by atoms with Crippen molar-refractivity contribution in [3.8, 4) is 11.1 Å². The van der Waals surface area contributed by atoms with Gasteiger partial charge in [-0.2, -0.15) is 0 Å². The van der Waals surface area contributed by atoms with E-state index < -0.39 is 0 Å². The summed E-state index contributed by atoms with van der Waals surface area (Å²) in [5.41, 5.74) is 18.2. The van der Waals surface area contributed by atoms with Crippen LogP contribution >= 0.6 is 0 Å². The zero-order chi connectivity index (χ0) is 16.8. The lowest BCUT2D eigenvalue weighted by atomic mass is 9.75. The molecule has 1 heteroatoms. The van der Waals surface area contributed by atoms with Gasteiger partial charge in [0, 0.05) is 11.3 Å². The predicted molar refractivity (Wildman–Crippen MR) is 107 cm³/mol. The van der Waals surface area contributed by atoms with Gasteiger partial charge in [0.2, 0.25) is 0 Å². The first-order valence-electron chi connectivity index (χ1n) is 9.13. The number of hydrogen-bond acceptors (Lipinski definition) is 1. The summed E-state index contributed by atoms with van der Waals surface area (Å²) in [5, 5.41) is 0. The fourth-order valence-corrected chi connectivity index (χ4v) is 4.48. The van der Waals surface area contributed by atoms with Gasteiger partial charge in [-0.1, -0.05) is 60.7 Å². The van der Waals surface area contributed by atoms with Gasteiger partial charge in [-0.3, -0.25) is 0 Å². The number of nitrogen functional groups attached to an aromatic ring is 1. The molecule has 3 aliphatic rings. The number of rotatable bonds is 0. The number of fused-ring (bicyclic) bond motifs is 6. The Morgan fingerprint density at radius 2 is 1.32 bits per heavy atom. The summed E-state index contributed by atoms with van der Waals surface area (Å²) in [6, 6.07) is 15.1. The lowest BCUT2D eigenvalue weighted by Crippen LogP contribution is -2.08. The van der Waals surface area contributed by atoms with Crippen LogP contribution in [-0.2, 0) is 0 Å². The van der Waals surface area contributed by atoms with E-state index in [0.29, 0.717) is 0 Å². The molecule has 122 valence electrons. The minimum Gasteiger partial charge on any atom is -0.398 e. The van der Waals surface area contributed by atoms with E-state index in [1.807, 2.05) is 6.07 Å². The molecular weight excluding hydrogens is 302 g/mol. The molecule has 0 bridgehead atoms. The van der Waals surface area contributed by atoms with Crippen molar-refractivity contribution in [1.82, 2.24) is 0 Å². The quantitative estimate of drug-likeness (QED) is 0.578. The summed E-state index contributed by atoms with van der Waals surface area (Å²) < 4.78 is 0. The highest BCUT2D eigenvalue weighted by atomic mass is 14.6. The number of nitrogens with two attached hydrogens (primary N) is 1. The third-order valence-corrected chi connectivity index (χ3v) is 5.57. The predicted octanol–water partition coefficient (Wildman–Crippen LogP) is 6.16. The van der Waals surface area contributed by atoms with Crippen molar-refractivity contribution in [3.63, 3.8) is 0 Å². The van der Waals surface area contributed by atoms with Crippen molar-refractivity contribution in [2.75, 3.05) is 5.73 Å². The number of anilines is 1. The molecular formula is C24H21N. The van der Waals surface area contributed by atoms with E-state index in [1.54, 1.807) is 0 Å². The van der Waals surface area contributed by atoms with Crippen LogP contribution < -0.4 is 5.73 Å². The van der Waals surface area contributed by atoms with E-state index in [2.05, 4.69) is 60.7 Å². The van der Waals surface area contributed by atoms with Gasteiger partial charge < -0.3 is 5.73 Å². The first-order chi connectivity index (χ1) is 12.3. The van der Waals surface area contributed by atoms with E-state index in [1.165, 1.54) is 44.5 Å². The van der Waals surface area contributed by atoms with E-state index in [0.717, 1.165) is 31.4 Å². The third kappa shape index (κ3) is 2.16. The van der Waals surface area contributed by atoms with Gasteiger partial charge in [-0.25, -0.2) is 0 Å². The minimum absolute atomic E-state index is 0.867. The molecule has 0 spiro atoms. The van der Waals surface area contributed by atoms with Crippen LogP contribution in [0.3, 0.4) is 0 Å². The van der Waals surface area contributed by atoms with Crippen LogP contribution in [0, 0.1) is 0 Å². The first kappa shape index (κ1) is 14.5. The van der Waals surface area contributed by atoms with Crippen LogP contribution in [0.15, 0.2) is 77.9 Å². The van der Waals surface area contributed by atoms with Gasteiger partial charge in [0.15, 0.2) is 0 Å². The van der Waals surface area contributed by atoms with Crippen LogP contribution in [0.4, 0.5) is 5.69 Å². The lowest BCUT2D eigenvalue weighted by Gasteiger charge is -2.29. The highest BCUT2D eigenvalue weighted by Crippen LogP contribution is 2.48. The molecule has 0 fully saturated rings. The Kier molecular flexibility index (Phi) is 3.27. The van der Waals surface area contributed by atoms with Crippen LogP contribution in [0.1, 0.15) is 36.8 Å². The van der Waals surface area contributed by atoms with Crippen molar-refractivity contribution in [2.24, 2.45) is 0 Å². The van der Waals surface area contributed by atoms with Crippen LogP contribution in [0.2, 0.25) is 0 Å². The van der Waals surface area contributed by atoms with Crippen molar-refractivity contribution in [2.45, 2.75) is 25.7 Å². The van der Waals surface area contributed by atoms with Crippen LogP contribution in [0.25, 0.3) is 22.3 Å². The second-order valence-corrected chi connectivity index (χ2v) is 6.98. The van der Waals surface area contributed by atoms with Crippen molar-refractivity contribution < 1.29 is 0 Å². The van der Waals surface area contributed by atoms with Crippen LogP contribution in [-0.4, -0.2) is 0 Å². The van der Waals surface area contributed by atoms with Crippen molar-refractivity contribution in [1.29, 1.82) is 0 Å². The molecule has 0 atom stereocenters. The minimum atomic E-state index is 0.867. The number of hydrogen-bond donors (Lipinski definition) is 1. The molecule has 25 heavy (non-hydrogen) atoms. The summed E-state index contributed by atoms with van der Waals surface area (Å²) in [7, 11) is 0. The monoisotopic (exact) mass is 323 g/mol. The Hall–Kier alpha value is -2.80. The molecule has 5 rings (SSSR count). The number of allylic oxidation sites excluding steroid dienone is 8. The fourth-order valence-electron chi connectivity index (χ4n) is 4.48. The van der Waals surface area contributed by atoms with Gasteiger partial charge in [0.25, 0.3) is 0 Å². The summed E-state index contributed by atoms with van der Waals surface area (Å²) in [6.45, 7) is 0. The Bertz CT molecular complexity index is 999. The molecule has 0 amide bonds. The molecule has 0 saturated carbocycles. The normalized spacial score (nSPS) is 18.1. The molecule has 0 aromatic heterocycles. The summed E-state index contributed by atoms with van der Waals surface area (Å²) in [4.78, 5) is 0. The summed E-state index contributed by atoms with van der Waals surface area (Å²) in [6.07, 6.45) is 13.7. The SMILES string of the molecule is Nc1cccc2c1-c1ccccc1C1=C(C=CCC1)C1=C2C=CCC1. The molecule has 0 aliphatic heterocycles. The Morgan fingerprint density at radius 3 is 2.16 bits per heavy atom. The Labute approximate surface area is 148 Å². The molecule has 2 aromatic rings. The number of benzene rings is 2. The summed E-state index contributed by atoms with van der Waals surface area (Å²) >= 11 is 0. The van der Waals surface area contributed by atoms with Crippen molar-refractivity contribution in [3.05, 3.63) is 89.0 Å². The lowest BCUT2D eigenvalue weighted by molar-refractivity contribution is 0.963. The van der Waals surface area contributed by atoms with Gasteiger partial charge >= 0.3 is 0 Å². The maximum absolute atomic E-state index is 6.49. The average molecular weight is 323 g/mol. The highest BCUT2D eigenvalue weighted by molar-refractivity contribution is 6.01. The molecule has 2 aromatic carbocycles. The zero-order valence-corrected chi connectivity index (χ0v) is 14.3. The average Bonchev–Trinajstić information content (AvgIpc) is 2.67. The zero-order valence-electron chi connectivity index (χ0n) is 14.3. The van der Waals surface area contributed by atoms with Gasteiger partial charge in [0.1, 0.15) is 0 Å². The van der Waals surface area contributed by atoms with Gasteiger partial charge in [0.05, 0.1) is 0 Å². The second kappa shape index (κ2) is 5.63. The van der Waals surface area contributed by atoms with Crippen LogP contribution in [0.5, 0.6) is 0 Å². The standard InChI is InChI=1S/C24H21N/c25-23-15-7-14-22-20-11-4-3-10-18(20)16-8-1-2-9-17(16)19-12-5-6-13-21(19)24(22)23/h1,4-8,11-15H,2-3,9-10,25H2. The van der Waals surface area contributed by atoms with E-state index in [4.69, 9.17) is 5.73 Å². The highest BCUT2D eigenvalue weighted by Gasteiger charge is 2.26. The van der Waals surface area contributed by atoms with E-state index >= 15 is 0 Å². The largest absolute Gasteiger partial charge is 0.398 e. The third-order valence-electron chi connectivity index (χ3n) is 5.57. The molecule has 2 N–H and O–H groups in total. The summed E-state index contributed by atoms with van der Waals surface area (Å²) in [5.74, 6) is 0. The molecule has 0 heterocycles.